The topological polar surface area (TPSA) is 116 Å². The molecule has 0 spiro atoms. The molecule has 0 unspecified atom stereocenters. The zero-order valence-corrected chi connectivity index (χ0v) is 27.3. The molecule has 0 bridgehead atoms. The van der Waals surface area contributed by atoms with E-state index >= 15 is 0 Å². The monoisotopic (exact) mass is 612 g/mol. The Morgan fingerprint density at radius 3 is 1.80 bits per heavy atom. The summed E-state index contributed by atoms with van der Waals surface area (Å²) in [6.07, 6.45) is 6.51. The minimum Gasteiger partial charge on any atom is -0.478 e. The van der Waals surface area contributed by atoms with Crippen molar-refractivity contribution in [3.05, 3.63) is 107 Å². The largest absolute Gasteiger partial charge is 0.478 e. The minimum absolute atomic E-state index is 0.0132. The minimum atomic E-state index is -0.906. The summed E-state index contributed by atoms with van der Waals surface area (Å²) in [6.45, 7) is 15.8. The third-order valence-electron chi connectivity index (χ3n) is 8.74. The van der Waals surface area contributed by atoms with Crippen LogP contribution in [0.2, 0.25) is 0 Å². The summed E-state index contributed by atoms with van der Waals surface area (Å²) in [7, 11) is 0. The molecular weight excluding hydrogens is 564 g/mol. The first kappa shape index (κ1) is 35.3. The molecule has 1 aliphatic carbocycles. The Morgan fingerprint density at radius 2 is 1.27 bits per heavy atom. The van der Waals surface area contributed by atoms with E-state index in [1.165, 1.54) is 29.5 Å². The van der Waals surface area contributed by atoms with Gasteiger partial charge in [-0.1, -0.05) is 89.6 Å². The highest BCUT2D eigenvalue weighted by atomic mass is 16.5. The smallest absolute Gasteiger partial charge is 0.335 e. The number of carboxylic acid groups (broad SMARTS) is 1. The van der Waals surface area contributed by atoms with E-state index in [9.17, 15) is 14.4 Å². The average Bonchev–Trinajstić information content (AvgIpc) is 3.01. The van der Waals surface area contributed by atoms with Crippen molar-refractivity contribution < 1.29 is 24.7 Å². The van der Waals surface area contributed by atoms with E-state index in [2.05, 4.69) is 58.6 Å². The average molecular weight is 613 g/mol. The number of para-hydroxylation sites is 1. The SMILES string of the molecule is C=C(c1ccc(C(=O)O)cc1)c1cc2c(cc1C)C(C)(C)CCC2(C)C.O=C(CCCCCCC(=O)Nc1ccccc1)NO. The van der Waals surface area contributed by atoms with Crippen LogP contribution in [0.5, 0.6) is 0 Å². The van der Waals surface area contributed by atoms with Gasteiger partial charge in [-0.3, -0.25) is 14.8 Å². The van der Waals surface area contributed by atoms with Crippen molar-refractivity contribution in [1.82, 2.24) is 5.48 Å². The van der Waals surface area contributed by atoms with E-state index < -0.39 is 5.97 Å². The summed E-state index contributed by atoms with van der Waals surface area (Å²) < 4.78 is 0. The lowest BCUT2D eigenvalue weighted by Gasteiger charge is -2.42. The maximum absolute atomic E-state index is 11.6. The van der Waals surface area contributed by atoms with Crippen LogP contribution in [0.25, 0.3) is 5.57 Å². The molecule has 7 heteroatoms. The molecule has 0 heterocycles. The number of hydrogen-bond acceptors (Lipinski definition) is 4. The van der Waals surface area contributed by atoms with Gasteiger partial charge in [-0.15, -0.1) is 0 Å². The van der Waals surface area contributed by atoms with Gasteiger partial charge in [0.25, 0.3) is 0 Å². The summed E-state index contributed by atoms with van der Waals surface area (Å²) in [5, 5.41) is 20.2. The molecule has 0 saturated carbocycles. The van der Waals surface area contributed by atoms with E-state index in [-0.39, 0.29) is 22.6 Å². The Bertz CT molecular complexity index is 1490. The number of nitrogens with one attached hydrogen (secondary N) is 2. The molecule has 7 nitrogen and oxygen atoms in total. The van der Waals surface area contributed by atoms with Crippen LogP contribution in [0.1, 0.15) is 117 Å². The van der Waals surface area contributed by atoms with Crippen molar-refractivity contribution in [2.75, 3.05) is 5.32 Å². The molecule has 1 aliphatic rings. The molecule has 2 amide bonds. The van der Waals surface area contributed by atoms with E-state index in [0.29, 0.717) is 18.4 Å². The summed E-state index contributed by atoms with van der Waals surface area (Å²) in [5.74, 6) is -1.25. The molecule has 4 N–H and O–H groups in total. The van der Waals surface area contributed by atoms with Gasteiger partial charge < -0.3 is 10.4 Å². The second kappa shape index (κ2) is 15.7. The van der Waals surface area contributed by atoms with Gasteiger partial charge in [0.15, 0.2) is 0 Å². The number of anilines is 1. The first-order valence-electron chi connectivity index (χ1n) is 15.7. The summed E-state index contributed by atoms with van der Waals surface area (Å²) in [4.78, 5) is 33.4. The number of carbonyl (C=O) groups is 3. The van der Waals surface area contributed by atoms with Crippen LogP contribution in [0.15, 0.2) is 73.3 Å². The molecule has 0 aromatic heterocycles. The van der Waals surface area contributed by atoms with Gasteiger partial charge in [0, 0.05) is 18.5 Å². The van der Waals surface area contributed by atoms with Gasteiger partial charge in [-0.05, 0) is 101 Å². The third-order valence-corrected chi connectivity index (χ3v) is 8.74. The highest BCUT2D eigenvalue weighted by molar-refractivity contribution is 5.90. The van der Waals surface area contributed by atoms with Gasteiger partial charge in [0.2, 0.25) is 11.8 Å². The van der Waals surface area contributed by atoms with E-state index in [0.717, 1.165) is 48.1 Å². The molecule has 0 saturated heterocycles. The molecule has 3 aromatic carbocycles. The highest BCUT2D eigenvalue weighted by Gasteiger charge is 2.37. The quantitative estimate of drug-likeness (QED) is 0.0983. The number of rotatable bonds is 11. The predicted octanol–water partition coefficient (Wildman–Crippen LogP) is 8.57. The molecule has 0 radical (unpaired) electrons. The van der Waals surface area contributed by atoms with Crippen LogP contribution in [0, 0.1) is 6.92 Å². The normalized spacial score (nSPS) is 14.3. The van der Waals surface area contributed by atoms with E-state index in [1.54, 1.807) is 17.6 Å². The Balaban J connectivity index is 0.000000259. The van der Waals surface area contributed by atoms with Crippen LogP contribution in [-0.4, -0.2) is 28.1 Å². The number of unbranched alkanes of at least 4 members (excludes halogenated alkanes) is 3. The van der Waals surface area contributed by atoms with Crippen molar-refractivity contribution in [2.24, 2.45) is 0 Å². The number of carboxylic acids is 1. The summed E-state index contributed by atoms with van der Waals surface area (Å²) in [5.41, 5.74) is 10.2. The second-order valence-electron chi connectivity index (χ2n) is 13.2. The summed E-state index contributed by atoms with van der Waals surface area (Å²) in [6, 6.07) is 21.0. The lowest BCUT2D eigenvalue weighted by Crippen LogP contribution is -2.34. The molecule has 240 valence electrons. The number of carbonyl (C=O) groups excluding carboxylic acids is 2. The molecule has 45 heavy (non-hydrogen) atoms. The Hall–Kier alpha value is -4.23. The van der Waals surface area contributed by atoms with Crippen LogP contribution in [0.4, 0.5) is 5.69 Å². The van der Waals surface area contributed by atoms with Gasteiger partial charge in [-0.25, -0.2) is 10.3 Å². The maximum Gasteiger partial charge on any atom is 0.335 e. The number of aromatic carboxylic acids is 1. The van der Waals surface area contributed by atoms with Crippen molar-refractivity contribution in [2.45, 2.75) is 96.8 Å². The van der Waals surface area contributed by atoms with Gasteiger partial charge in [0.05, 0.1) is 5.56 Å². The maximum atomic E-state index is 11.6. The molecular formula is C38H48N2O5. The number of hydroxylamine groups is 1. The fraction of sp³-hybridized carbons (Fsp3) is 0.395. The van der Waals surface area contributed by atoms with Crippen LogP contribution in [-0.2, 0) is 20.4 Å². The zero-order chi connectivity index (χ0) is 33.2. The standard InChI is InChI=1S/C24H28O2.C14H20N2O3/c1-15-13-20-21(24(5,6)12-11-23(20,3)4)14-19(15)16(2)17-7-9-18(10-8-17)22(25)26;17-13(15-12-8-4-3-5-9-12)10-6-1-2-7-11-14(18)16-19/h7-10,13-14H,2,11-12H2,1,3-6H3,(H,25,26);3-5,8-9,19H,1-2,6-7,10-11H2,(H,15,17)(H,16,18). The number of amides is 2. The van der Waals surface area contributed by atoms with Crippen molar-refractivity contribution in [1.29, 1.82) is 0 Å². The van der Waals surface area contributed by atoms with Crippen molar-refractivity contribution in [3.8, 4) is 0 Å². The fourth-order valence-corrected chi connectivity index (χ4v) is 5.74. The molecule has 3 aromatic rings. The molecule has 0 atom stereocenters. The van der Waals surface area contributed by atoms with E-state index in [1.807, 2.05) is 42.5 Å². The predicted molar refractivity (Wildman–Crippen MR) is 181 cm³/mol. The van der Waals surface area contributed by atoms with Gasteiger partial charge >= 0.3 is 5.97 Å². The van der Waals surface area contributed by atoms with Crippen LogP contribution >= 0.6 is 0 Å². The first-order chi connectivity index (χ1) is 21.2. The number of hydrogen-bond donors (Lipinski definition) is 4. The molecule has 0 fully saturated rings. The highest BCUT2D eigenvalue weighted by Crippen LogP contribution is 2.47. The second-order valence-corrected chi connectivity index (χ2v) is 13.2. The Kier molecular flexibility index (Phi) is 12.3. The van der Waals surface area contributed by atoms with Crippen LogP contribution in [0.3, 0.4) is 0 Å². The number of aryl methyl sites for hydroxylation is 1. The van der Waals surface area contributed by atoms with Gasteiger partial charge in [-0.2, -0.15) is 0 Å². The van der Waals surface area contributed by atoms with Gasteiger partial charge in [0.1, 0.15) is 0 Å². The Labute approximate surface area is 267 Å². The van der Waals surface area contributed by atoms with Crippen LogP contribution < -0.4 is 10.8 Å². The molecule has 4 rings (SSSR count). The lowest BCUT2D eigenvalue weighted by atomic mass is 9.62. The van der Waals surface area contributed by atoms with E-state index in [4.69, 9.17) is 10.3 Å². The first-order valence-corrected chi connectivity index (χ1v) is 15.7. The molecule has 0 aliphatic heterocycles. The lowest BCUT2D eigenvalue weighted by molar-refractivity contribution is -0.129. The summed E-state index contributed by atoms with van der Waals surface area (Å²) >= 11 is 0. The van der Waals surface area contributed by atoms with Crippen molar-refractivity contribution >= 4 is 29.0 Å². The van der Waals surface area contributed by atoms with Crippen molar-refractivity contribution in [3.63, 3.8) is 0 Å². The number of benzene rings is 3. The fourth-order valence-electron chi connectivity index (χ4n) is 5.74. The third kappa shape index (κ3) is 9.88. The zero-order valence-electron chi connectivity index (χ0n) is 27.3. The Morgan fingerprint density at radius 1 is 0.756 bits per heavy atom. The number of fused-ring (bicyclic) bond motifs is 1.